The Hall–Kier alpha value is -2.89. The Kier molecular flexibility index (Phi) is 4.57. The summed E-state index contributed by atoms with van der Waals surface area (Å²) in [6, 6.07) is 11.9. The van der Waals surface area contributed by atoms with Crippen LogP contribution in [0.2, 0.25) is 0 Å². The molecular weight excluding hydrogens is 357 g/mol. The Morgan fingerprint density at radius 3 is 2.46 bits per heavy atom. The van der Waals surface area contributed by atoms with Crippen LogP contribution in [0.25, 0.3) is 0 Å². The third-order valence-electron chi connectivity index (χ3n) is 5.85. The molecule has 0 bridgehead atoms. The molecule has 2 aliphatic heterocycles. The van der Waals surface area contributed by atoms with Gasteiger partial charge in [-0.3, -0.25) is 9.59 Å². The molecule has 1 spiro atoms. The van der Waals surface area contributed by atoms with Gasteiger partial charge in [0.1, 0.15) is 11.5 Å². The van der Waals surface area contributed by atoms with Crippen LogP contribution >= 0.6 is 0 Å². The highest BCUT2D eigenvalue weighted by atomic mass is 19.1. The van der Waals surface area contributed by atoms with E-state index < -0.39 is 11.5 Å². The van der Waals surface area contributed by atoms with E-state index in [2.05, 4.69) is 10.2 Å². The molecule has 2 heterocycles. The first-order chi connectivity index (χ1) is 13.4. The fourth-order valence-electron chi connectivity index (χ4n) is 4.33. The summed E-state index contributed by atoms with van der Waals surface area (Å²) in [6.07, 6.45) is 1.25. The van der Waals surface area contributed by atoms with Gasteiger partial charge in [-0.05, 0) is 44.2 Å². The van der Waals surface area contributed by atoms with Crippen LogP contribution in [0.3, 0.4) is 0 Å². The van der Waals surface area contributed by atoms with Crippen LogP contribution in [0.1, 0.15) is 46.0 Å². The SMILES string of the molecule is CCN1c2ccc(F)cc2C(=O)NC12CCN(C(=O)c1ccc(C)cc1)CC2. The first-order valence-corrected chi connectivity index (χ1v) is 9.69. The normalized spacial score (nSPS) is 18.0. The molecule has 28 heavy (non-hydrogen) atoms. The van der Waals surface area contributed by atoms with Crippen molar-refractivity contribution in [2.75, 3.05) is 24.5 Å². The Bertz CT molecular complexity index is 918. The van der Waals surface area contributed by atoms with E-state index in [-0.39, 0.29) is 11.8 Å². The third-order valence-corrected chi connectivity index (χ3v) is 5.85. The van der Waals surface area contributed by atoms with Crippen molar-refractivity contribution in [3.05, 3.63) is 65.0 Å². The zero-order valence-electron chi connectivity index (χ0n) is 16.2. The minimum absolute atomic E-state index is 0.0162. The summed E-state index contributed by atoms with van der Waals surface area (Å²) in [5.41, 5.74) is 2.38. The van der Waals surface area contributed by atoms with Gasteiger partial charge < -0.3 is 15.1 Å². The molecule has 5 nitrogen and oxygen atoms in total. The summed E-state index contributed by atoms with van der Waals surface area (Å²) in [6.45, 7) is 5.81. The van der Waals surface area contributed by atoms with Gasteiger partial charge in [0.2, 0.25) is 0 Å². The molecule has 2 amide bonds. The smallest absolute Gasteiger partial charge is 0.255 e. The van der Waals surface area contributed by atoms with Crippen molar-refractivity contribution >= 4 is 17.5 Å². The number of carbonyl (C=O) groups is 2. The molecule has 0 saturated carbocycles. The molecule has 0 atom stereocenters. The second-order valence-electron chi connectivity index (χ2n) is 7.55. The maximum atomic E-state index is 13.6. The van der Waals surface area contributed by atoms with Gasteiger partial charge in [-0.15, -0.1) is 0 Å². The molecule has 0 aliphatic carbocycles. The van der Waals surface area contributed by atoms with Crippen LogP contribution < -0.4 is 10.2 Å². The number of hydrogen-bond acceptors (Lipinski definition) is 3. The van der Waals surface area contributed by atoms with E-state index in [0.717, 1.165) is 11.3 Å². The quantitative estimate of drug-likeness (QED) is 0.868. The van der Waals surface area contributed by atoms with Gasteiger partial charge in [-0.1, -0.05) is 17.7 Å². The fraction of sp³-hybridized carbons (Fsp3) is 0.364. The van der Waals surface area contributed by atoms with Crippen LogP contribution in [-0.4, -0.2) is 42.0 Å². The summed E-state index contributed by atoms with van der Waals surface area (Å²) in [7, 11) is 0. The lowest BCUT2D eigenvalue weighted by Gasteiger charge is -2.52. The van der Waals surface area contributed by atoms with Crippen LogP contribution in [0.15, 0.2) is 42.5 Å². The van der Waals surface area contributed by atoms with Crippen LogP contribution in [0.5, 0.6) is 0 Å². The Morgan fingerprint density at radius 1 is 1.14 bits per heavy atom. The average molecular weight is 381 g/mol. The predicted octanol–water partition coefficient (Wildman–Crippen LogP) is 3.34. The Balaban J connectivity index is 1.56. The highest BCUT2D eigenvalue weighted by Crippen LogP contribution is 2.37. The second-order valence-corrected chi connectivity index (χ2v) is 7.55. The largest absolute Gasteiger partial charge is 0.348 e. The van der Waals surface area contributed by atoms with Gasteiger partial charge in [-0.2, -0.15) is 0 Å². The van der Waals surface area contributed by atoms with Crippen molar-refractivity contribution in [2.24, 2.45) is 0 Å². The van der Waals surface area contributed by atoms with Crippen molar-refractivity contribution < 1.29 is 14.0 Å². The van der Waals surface area contributed by atoms with Gasteiger partial charge >= 0.3 is 0 Å². The molecule has 1 saturated heterocycles. The monoisotopic (exact) mass is 381 g/mol. The number of hydrogen-bond donors (Lipinski definition) is 1. The lowest BCUT2D eigenvalue weighted by atomic mass is 9.89. The van der Waals surface area contributed by atoms with E-state index >= 15 is 0 Å². The summed E-state index contributed by atoms with van der Waals surface area (Å²) in [5, 5.41) is 3.11. The van der Waals surface area contributed by atoms with E-state index in [1.165, 1.54) is 12.1 Å². The second kappa shape index (κ2) is 6.93. The summed E-state index contributed by atoms with van der Waals surface area (Å²) < 4.78 is 13.6. The number of halogens is 1. The lowest BCUT2D eigenvalue weighted by Crippen LogP contribution is -2.68. The summed E-state index contributed by atoms with van der Waals surface area (Å²) >= 11 is 0. The summed E-state index contributed by atoms with van der Waals surface area (Å²) in [4.78, 5) is 29.5. The van der Waals surface area contributed by atoms with Crippen molar-refractivity contribution in [1.82, 2.24) is 10.2 Å². The molecular formula is C22H24FN3O2. The molecule has 0 radical (unpaired) electrons. The topological polar surface area (TPSA) is 52.7 Å². The van der Waals surface area contributed by atoms with Gasteiger partial charge in [0, 0.05) is 38.0 Å². The lowest BCUT2D eigenvalue weighted by molar-refractivity contribution is 0.0603. The predicted molar refractivity (Wildman–Crippen MR) is 106 cm³/mol. The zero-order chi connectivity index (χ0) is 19.9. The molecule has 146 valence electrons. The highest BCUT2D eigenvalue weighted by molar-refractivity contribution is 6.02. The van der Waals surface area contributed by atoms with E-state index in [4.69, 9.17) is 0 Å². The number of nitrogens with zero attached hydrogens (tertiary/aromatic N) is 2. The zero-order valence-corrected chi connectivity index (χ0v) is 16.2. The van der Waals surface area contributed by atoms with Gasteiger partial charge in [0.25, 0.3) is 11.8 Å². The van der Waals surface area contributed by atoms with Crippen molar-refractivity contribution in [2.45, 2.75) is 32.4 Å². The van der Waals surface area contributed by atoms with Gasteiger partial charge in [0.05, 0.1) is 11.3 Å². The molecule has 2 aromatic carbocycles. The molecule has 1 N–H and O–H groups in total. The maximum Gasteiger partial charge on any atom is 0.255 e. The minimum atomic E-state index is -0.541. The van der Waals surface area contributed by atoms with Crippen LogP contribution in [0, 0.1) is 12.7 Å². The van der Waals surface area contributed by atoms with Crippen molar-refractivity contribution in [3.8, 4) is 0 Å². The number of aryl methyl sites for hydroxylation is 1. The van der Waals surface area contributed by atoms with Gasteiger partial charge in [-0.25, -0.2) is 4.39 Å². The number of likely N-dealkylation sites (tertiary alicyclic amines) is 1. The number of nitrogens with one attached hydrogen (secondary N) is 1. The first kappa shape index (κ1) is 18.5. The summed E-state index contributed by atoms with van der Waals surface area (Å²) in [5.74, 6) is -0.653. The number of carbonyl (C=O) groups excluding carboxylic acids is 2. The van der Waals surface area contributed by atoms with Gasteiger partial charge in [0.15, 0.2) is 0 Å². The minimum Gasteiger partial charge on any atom is -0.348 e. The van der Waals surface area contributed by atoms with E-state index in [1.807, 2.05) is 43.0 Å². The third kappa shape index (κ3) is 3.03. The van der Waals surface area contributed by atoms with Crippen molar-refractivity contribution in [1.29, 1.82) is 0 Å². The van der Waals surface area contributed by atoms with E-state index in [1.54, 1.807) is 6.07 Å². The van der Waals surface area contributed by atoms with E-state index in [9.17, 15) is 14.0 Å². The molecule has 0 unspecified atom stereocenters. The molecule has 4 rings (SSSR count). The maximum absolute atomic E-state index is 13.6. The first-order valence-electron chi connectivity index (χ1n) is 9.69. The standard InChI is InChI=1S/C22H24FN3O2/c1-3-26-19-9-8-17(23)14-18(19)20(27)24-22(26)10-12-25(13-11-22)21(28)16-6-4-15(2)5-7-16/h4-9,14H,3,10-13H2,1-2H3,(H,24,27). The highest BCUT2D eigenvalue weighted by Gasteiger charge is 2.45. The molecule has 0 aromatic heterocycles. The number of anilines is 1. The fourth-order valence-corrected chi connectivity index (χ4v) is 4.33. The number of rotatable bonds is 2. The number of amides is 2. The van der Waals surface area contributed by atoms with Crippen LogP contribution in [-0.2, 0) is 0 Å². The molecule has 1 fully saturated rings. The molecule has 6 heteroatoms. The van der Waals surface area contributed by atoms with Crippen LogP contribution in [0.4, 0.5) is 10.1 Å². The molecule has 2 aliphatic rings. The van der Waals surface area contributed by atoms with Crippen molar-refractivity contribution in [3.63, 3.8) is 0 Å². The number of benzene rings is 2. The Labute approximate surface area is 164 Å². The average Bonchev–Trinajstić information content (AvgIpc) is 2.69. The molecule has 2 aromatic rings. The van der Waals surface area contributed by atoms with E-state index in [0.29, 0.717) is 43.6 Å². The number of fused-ring (bicyclic) bond motifs is 1. The number of piperidine rings is 1. The Morgan fingerprint density at radius 2 is 1.82 bits per heavy atom.